The van der Waals surface area contributed by atoms with E-state index in [1.807, 2.05) is 13.0 Å². The second-order valence-electron chi connectivity index (χ2n) is 7.60. The highest BCUT2D eigenvalue weighted by atomic mass is 16.2. The van der Waals surface area contributed by atoms with E-state index < -0.39 is 5.91 Å². The highest BCUT2D eigenvalue weighted by molar-refractivity contribution is 6.04. The van der Waals surface area contributed by atoms with Crippen molar-refractivity contribution in [3.8, 4) is 6.07 Å². The Balaban J connectivity index is 1.57. The fraction of sp³-hybridized carbons (Fsp3) is 0.286. The topological polar surface area (TPSA) is 137 Å². The molecule has 1 aliphatic carbocycles. The molecule has 10 nitrogen and oxygen atoms in total. The standard InChI is InChI=1S/C21H21N7O3/c1-13-17(19(13)30)10-26-11-24-21(31)18(20(26)23)28(12-29)16-7-25-27(9-16)8-15-4-2-3-14(5-15)6-22/h2-5,7,9,12-13,17H,8,10-11,23H2,1H3,(H,24,31). The van der Waals surface area contributed by atoms with Crippen LogP contribution in [0.5, 0.6) is 0 Å². The van der Waals surface area contributed by atoms with E-state index in [0.717, 1.165) is 10.5 Å². The van der Waals surface area contributed by atoms with Gasteiger partial charge in [0.25, 0.3) is 5.91 Å². The number of hydrogen-bond donors (Lipinski definition) is 2. The van der Waals surface area contributed by atoms with Crippen LogP contribution < -0.4 is 16.0 Å². The second-order valence-corrected chi connectivity index (χ2v) is 7.60. The Hall–Kier alpha value is -4.13. The van der Waals surface area contributed by atoms with Crippen molar-refractivity contribution in [2.75, 3.05) is 18.1 Å². The van der Waals surface area contributed by atoms with Crippen molar-refractivity contribution in [3.63, 3.8) is 0 Å². The summed E-state index contributed by atoms with van der Waals surface area (Å²) in [7, 11) is 0. The molecule has 4 rings (SSSR count). The minimum absolute atomic E-state index is 0.00645. The van der Waals surface area contributed by atoms with Gasteiger partial charge in [-0.05, 0) is 17.7 Å². The Morgan fingerprint density at radius 2 is 2.19 bits per heavy atom. The number of Topliss-reactive ketones (excluding diaryl/α,β-unsaturated/α-hetero) is 1. The molecule has 0 saturated heterocycles. The number of benzene rings is 1. The zero-order valence-corrected chi connectivity index (χ0v) is 16.9. The van der Waals surface area contributed by atoms with E-state index in [2.05, 4.69) is 16.5 Å². The molecule has 1 aromatic carbocycles. The number of nitrogens with zero attached hydrogens (tertiary/aromatic N) is 5. The molecule has 0 radical (unpaired) electrons. The number of nitriles is 1. The first-order valence-corrected chi connectivity index (χ1v) is 9.75. The highest BCUT2D eigenvalue weighted by Crippen LogP contribution is 2.34. The molecule has 1 fully saturated rings. The molecule has 0 spiro atoms. The third kappa shape index (κ3) is 3.85. The predicted octanol–water partition coefficient (Wildman–Crippen LogP) is 0.118. The molecule has 2 aliphatic rings. The number of carbonyl (C=O) groups is 3. The van der Waals surface area contributed by atoms with Crippen LogP contribution in [-0.2, 0) is 20.9 Å². The van der Waals surface area contributed by atoms with Gasteiger partial charge in [0.05, 0.1) is 36.7 Å². The van der Waals surface area contributed by atoms with E-state index in [9.17, 15) is 14.4 Å². The zero-order chi connectivity index (χ0) is 22.1. The maximum atomic E-state index is 12.5. The molecular weight excluding hydrogens is 398 g/mol. The van der Waals surface area contributed by atoms with Crippen LogP contribution in [0.15, 0.2) is 48.2 Å². The molecule has 2 amide bonds. The quantitative estimate of drug-likeness (QED) is 0.608. The molecular formula is C21H21N7O3. The van der Waals surface area contributed by atoms with Crippen LogP contribution in [0.2, 0.25) is 0 Å². The van der Waals surface area contributed by atoms with Gasteiger partial charge in [-0.1, -0.05) is 19.1 Å². The third-order valence-corrected chi connectivity index (χ3v) is 5.60. The number of nitrogens with one attached hydrogen (secondary N) is 1. The fourth-order valence-electron chi connectivity index (χ4n) is 3.65. The lowest BCUT2D eigenvalue weighted by molar-refractivity contribution is -0.120. The van der Waals surface area contributed by atoms with Crippen molar-refractivity contribution in [3.05, 3.63) is 59.3 Å². The van der Waals surface area contributed by atoms with Crippen molar-refractivity contribution < 1.29 is 14.4 Å². The molecule has 3 N–H and O–H groups in total. The van der Waals surface area contributed by atoms with Gasteiger partial charge in [-0.2, -0.15) is 10.4 Å². The van der Waals surface area contributed by atoms with Gasteiger partial charge in [-0.3, -0.25) is 24.0 Å². The molecule has 1 aromatic heterocycles. The van der Waals surface area contributed by atoms with Gasteiger partial charge in [-0.25, -0.2) is 0 Å². The first-order chi connectivity index (χ1) is 14.9. The maximum absolute atomic E-state index is 12.5. The maximum Gasteiger partial charge on any atom is 0.273 e. The number of carbonyl (C=O) groups excluding carboxylic acids is 3. The molecule has 1 aliphatic heterocycles. The summed E-state index contributed by atoms with van der Waals surface area (Å²) in [6.07, 6.45) is 3.59. The Morgan fingerprint density at radius 3 is 2.87 bits per heavy atom. The summed E-state index contributed by atoms with van der Waals surface area (Å²) in [6.45, 7) is 2.80. The van der Waals surface area contributed by atoms with Gasteiger partial charge in [0.2, 0.25) is 6.41 Å². The second kappa shape index (κ2) is 7.95. The highest BCUT2D eigenvalue weighted by Gasteiger charge is 2.47. The Kier molecular flexibility index (Phi) is 5.17. The van der Waals surface area contributed by atoms with Gasteiger partial charge in [0.15, 0.2) is 5.70 Å². The van der Waals surface area contributed by atoms with E-state index in [1.165, 1.54) is 6.20 Å². The van der Waals surface area contributed by atoms with Crippen LogP contribution in [-0.4, -0.2) is 46.0 Å². The summed E-state index contributed by atoms with van der Waals surface area (Å²) in [5, 5.41) is 16.0. The van der Waals surface area contributed by atoms with Crippen LogP contribution in [0.1, 0.15) is 18.1 Å². The lowest BCUT2D eigenvalue weighted by Gasteiger charge is -2.33. The van der Waals surface area contributed by atoms with Crippen LogP contribution in [0, 0.1) is 23.2 Å². The number of anilines is 1. The van der Waals surface area contributed by atoms with Gasteiger partial charge < -0.3 is 16.0 Å². The van der Waals surface area contributed by atoms with Crippen molar-refractivity contribution in [1.29, 1.82) is 5.26 Å². The molecule has 2 aromatic rings. The molecule has 31 heavy (non-hydrogen) atoms. The lowest BCUT2D eigenvalue weighted by atomic mass is 10.1. The number of rotatable bonds is 7. The largest absolute Gasteiger partial charge is 0.383 e. The molecule has 158 valence electrons. The van der Waals surface area contributed by atoms with Crippen molar-refractivity contribution in [2.24, 2.45) is 17.6 Å². The van der Waals surface area contributed by atoms with Gasteiger partial charge in [-0.15, -0.1) is 0 Å². The number of aromatic nitrogens is 2. The predicted molar refractivity (Wildman–Crippen MR) is 110 cm³/mol. The Morgan fingerprint density at radius 1 is 1.42 bits per heavy atom. The molecule has 1 saturated carbocycles. The molecule has 2 unspecified atom stereocenters. The number of nitrogens with two attached hydrogens (primary N) is 1. The number of amides is 2. The summed E-state index contributed by atoms with van der Waals surface area (Å²) in [5.74, 6) is -0.317. The van der Waals surface area contributed by atoms with Gasteiger partial charge in [0, 0.05) is 24.6 Å². The van der Waals surface area contributed by atoms with E-state index in [0.29, 0.717) is 30.8 Å². The summed E-state index contributed by atoms with van der Waals surface area (Å²) in [5.41, 5.74) is 8.01. The SMILES string of the molecule is CC1C(=O)C1CN1CNC(=O)C(N(C=O)c2cnn(Cc3cccc(C#N)c3)c2)=C1N. The van der Waals surface area contributed by atoms with Crippen LogP contribution in [0.25, 0.3) is 0 Å². The van der Waals surface area contributed by atoms with E-state index in [1.54, 1.807) is 34.0 Å². The van der Waals surface area contributed by atoms with E-state index in [4.69, 9.17) is 11.0 Å². The first kappa shape index (κ1) is 20.2. The minimum atomic E-state index is -0.481. The van der Waals surface area contributed by atoms with Crippen molar-refractivity contribution in [1.82, 2.24) is 20.0 Å². The molecule has 2 heterocycles. The summed E-state index contributed by atoms with van der Waals surface area (Å²) >= 11 is 0. The van der Waals surface area contributed by atoms with Crippen molar-refractivity contribution >= 4 is 23.8 Å². The molecule has 10 heteroatoms. The number of hydrogen-bond acceptors (Lipinski definition) is 7. The van der Waals surface area contributed by atoms with Crippen molar-refractivity contribution in [2.45, 2.75) is 13.5 Å². The van der Waals surface area contributed by atoms with E-state index >= 15 is 0 Å². The average Bonchev–Trinajstić information content (AvgIpc) is 3.12. The lowest BCUT2D eigenvalue weighted by Crippen LogP contribution is -2.51. The number of ketones is 1. The Labute approximate surface area is 178 Å². The van der Waals surface area contributed by atoms with Crippen LogP contribution in [0.4, 0.5) is 5.69 Å². The third-order valence-electron chi connectivity index (χ3n) is 5.60. The fourth-order valence-corrected chi connectivity index (χ4v) is 3.65. The normalized spacial score (nSPS) is 20.3. The summed E-state index contributed by atoms with van der Waals surface area (Å²) < 4.78 is 1.60. The molecule has 2 atom stereocenters. The molecule has 0 bridgehead atoms. The average molecular weight is 419 g/mol. The summed E-state index contributed by atoms with van der Waals surface area (Å²) in [4.78, 5) is 38.9. The van der Waals surface area contributed by atoms with Gasteiger partial charge in [0.1, 0.15) is 11.6 Å². The Bertz CT molecular complexity index is 1130. The van der Waals surface area contributed by atoms with Crippen LogP contribution in [0.3, 0.4) is 0 Å². The van der Waals surface area contributed by atoms with E-state index in [-0.39, 0.29) is 35.8 Å². The van der Waals surface area contributed by atoms with Crippen LogP contribution >= 0.6 is 0 Å². The smallest absolute Gasteiger partial charge is 0.273 e. The minimum Gasteiger partial charge on any atom is -0.383 e. The summed E-state index contributed by atoms with van der Waals surface area (Å²) in [6, 6.07) is 9.21. The monoisotopic (exact) mass is 419 g/mol. The van der Waals surface area contributed by atoms with Gasteiger partial charge >= 0.3 is 0 Å². The zero-order valence-electron chi connectivity index (χ0n) is 16.9. The first-order valence-electron chi connectivity index (χ1n) is 9.75.